The Balaban J connectivity index is 1.90. The van der Waals surface area contributed by atoms with Crippen LogP contribution in [0.25, 0.3) is 0 Å². The van der Waals surface area contributed by atoms with Crippen molar-refractivity contribution < 1.29 is 9.47 Å². The molecule has 0 amide bonds. The van der Waals surface area contributed by atoms with Gasteiger partial charge in [-0.15, -0.1) is 0 Å². The predicted octanol–water partition coefficient (Wildman–Crippen LogP) is 4.54. The number of ether oxygens (including phenoxy) is 2. The highest BCUT2D eigenvalue weighted by Gasteiger charge is 2.14. The molecule has 0 spiro atoms. The first-order chi connectivity index (χ1) is 13.3. The normalized spacial score (nSPS) is 10.4. The van der Waals surface area contributed by atoms with Gasteiger partial charge in [0.2, 0.25) is 11.8 Å². The Labute approximate surface area is 170 Å². The maximum atomic E-state index is 7.51. The van der Waals surface area contributed by atoms with Crippen LogP contribution in [0, 0.1) is 10.8 Å². The van der Waals surface area contributed by atoms with Crippen LogP contribution in [-0.2, 0) is 0 Å². The molecular formula is C19H15Cl2N5O2. The summed E-state index contributed by atoms with van der Waals surface area (Å²) in [6.07, 6.45) is 0. The van der Waals surface area contributed by atoms with E-state index in [1.165, 1.54) is 6.07 Å². The lowest BCUT2D eigenvalue weighted by Gasteiger charge is -2.12. The number of hydrogen-bond acceptors (Lipinski definition) is 5. The number of rotatable bonds is 6. The Kier molecular flexibility index (Phi) is 5.67. The molecule has 0 aliphatic rings. The molecule has 0 fully saturated rings. The van der Waals surface area contributed by atoms with E-state index in [0.717, 1.165) is 0 Å². The number of nitrogens with zero attached hydrogens (tertiary/aromatic N) is 1. The molecule has 1 heterocycles. The van der Waals surface area contributed by atoms with Crippen molar-refractivity contribution in [1.29, 1.82) is 10.8 Å². The Morgan fingerprint density at radius 1 is 0.750 bits per heavy atom. The maximum Gasteiger partial charge on any atom is 0.241 e. The van der Waals surface area contributed by atoms with Gasteiger partial charge in [-0.3, -0.25) is 10.8 Å². The van der Waals surface area contributed by atoms with E-state index in [9.17, 15) is 0 Å². The molecule has 1 aromatic heterocycles. The second-order valence-corrected chi connectivity index (χ2v) is 6.46. The Bertz CT molecular complexity index is 991. The van der Waals surface area contributed by atoms with Crippen LogP contribution in [0.2, 0.25) is 10.0 Å². The minimum Gasteiger partial charge on any atom is -0.437 e. The molecule has 7 nitrogen and oxygen atoms in total. The van der Waals surface area contributed by atoms with E-state index in [2.05, 4.69) is 4.98 Å². The minimum absolute atomic E-state index is 0.0736. The molecule has 142 valence electrons. The lowest BCUT2D eigenvalue weighted by atomic mass is 10.2. The molecule has 6 N–H and O–H groups in total. The van der Waals surface area contributed by atoms with Gasteiger partial charge < -0.3 is 20.9 Å². The number of nitrogen functional groups attached to an aromatic ring is 2. The van der Waals surface area contributed by atoms with E-state index in [4.69, 9.17) is 55.0 Å². The number of amidine groups is 2. The molecule has 0 aliphatic heterocycles. The molecule has 9 heteroatoms. The van der Waals surface area contributed by atoms with Gasteiger partial charge in [-0.2, -0.15) is 4.98 Å². The summed E-state index contributed by atoms with van der Waals surface area (Å²) in [5.41, 5.74) is 12.0. The van der Waals surface area contributed by atoms with Crippen molar-refractivity contribution in [2.24, 2.45) is 11.5 Å². The molecule has 3 rings (SSSR count). The van der Waals surface area contributed by atoms with Crippen LogP contribution in [0.1, 0.15) is 11.1 Å². The van der Waals surface area contributed by atoms with Crippen molar-refractivity contribution in [2.75, 3.05) is 0 Å². The van der Waals surface area contributed by atoms with Crippen LogP contribution in [0.5, 0.6) is 23.3 Å². The average Bonchev–Trinajstić information content (AvgIpc) is 2.66. The van der Waals surface area contributed by atoms with E-state index in [-0.39, 0.29) is 33.5 Å². The van der Waals surface area contributed by atoms with E-state index < -0.39 is 0 Å². The lowest BCUT2D eigenvalue weighted by molar-refractivity contribution is 0.426. The van der Waals surface area contributed by atoms with Gasteiger partial charge in [-0.25, -0.2) is 0 Å². The fourth-order valence-corrected chi connectivity index (χ4v) is 2.69. The molecule has 0 aliphatic carbocycles. The fourth-order valence-electron chi connectivity index (χ4n) is 2.25. The van der Waals surface area contributed by atoms with Gasteiger partial charge in [0, 0.05) is 11.1 Å². The first-order valence-corrected chi connectivity index (χ1v) is 8.70. The number of hydrogen-bond donors (Lipinski definition) is 4. The van der Waals surface area contributed by atoms with Crippen molar-refractivity contribution in [3.8, 4) is 23.3 Å². The summed E-state index contributed by atoms with van der Waals surface area (Å²) in [7, 11) is 0. The second kappa shape index (κ2) is 8.16. The molecule has 2 aromatic carbocycles. The predicted molar refractivity (Wildman–Crippen MR) is 109 cm³/mol. The van der Waals surface area contributed by atoms with Gasteiger partial charge >= 0.3 is 0 Å². The maximum absolute atomic E-state index is 7.51. The van der Waals surface area contributed by atoms with Gasteiger partial charge in [0.05, 0.1) is 0 Å². The molecule has 0 atom stereocenters. The van der Waals surface area contributed by atoms with Gasteiger partial charge in [0.25, 0.3) is 0 Å². The first kappa shape index (κ1) is 19.5. The first-order valence-electron chi connectivity index (χ1n) is 7.94. The monoisotopic (exact) mass is 415 g/mol. The number of nitrogens with one attached hydrogen (secondary N) is 2. The highest BCUT2D eigenvalue weighted by molar-refractivity contribution is 6.36. The van der Waals surface area contributed by atoms with E-state index >= 15 is 0 Å². The summed E-state index contributed by atoms with van der Waals surface area (Å²) in [5, 5.41) is 15.4. The third-order valence-corrected chi connectivity index (χ3v) is 4.13. The van der Waals surface area contributed by atoms with Crippen LogP contribution < -0.4 is 20.9 Å². The Morgan fingerprint density at radius 3 is 1.57 bits per heavy atom. The topological polar surface area (TPSA) is 131 Å². The second-order valence-electron chi connectivity index (χ2n) is 5.65. The van der Waals surface area contributed by atoms with Crippen molar-refractivity contribution in [2.45, 2.75) is 0 Å². The van der Waals surface area contributed by atoms with E-state index in [1.54, 1.807) is 48.5 Å². The third kappa shape index (κ3) is 4.51. The third-order valence-electron chi connectivity index (χ3n) is 3.58. The Hall–Kier alpha value is -3.29. The quantitative estimate of drug-likeness (QED) is 0.346. The summed E-state index contributed by atoms with van der Waals surface area (Å²) in [4.78, 5) is 4.23. The number of aromatic nitrogens is 1. The van der Waals surface area contributed by atoms with Gasteiger partial charge in [0.1, 0.15) is 33.2 Å². The zero-order chi connectivity index (χ0) is 20.3. The van der Waals surface area contributed by atoms with Crippen LogP contribution in [-0.4, -0.2) is 16.7 Å². The molecular weight excluding hydrogens is 401 g/mol. The van der Waals surface area contributed by atoms with Gasteiger partial charge in [-0.05, 0) is 30.3 Å². The largest absolute Gasteiger partial charge is 0.437 e. The van der Waals surface area contributed by atoms with Crippen LogP contribution in [0.15, 0.2) is 54.6 Å². The zero-order valence-corrected chi connectivity index (χ0v) is 15.9. The van der Waals surface area contributed by atoms with Crippen LogP contribution >= 0.6 is 23.2 Å². The SMILES string of the molecule is N=C(N)c1cccc(Oc2nc(Oc3cccc(C(=N)N)c3)c(Cl)cc2Cl)c1. The molecule has 0 saturated heterocycles. The standard InChI is InChI=1S/C19H15Cl2N5O2/c20-14-9-15(21)19(28-13-6-2-4-11(8-13)17(24)25)26-18(14)27-12-5-1-3-10(7-12)16(22)23/h1-9H,(H3,22,23)(H3,24,25). The smallest absolute Gasteiger partial charge is 0.241 e. The van der Waals surface area contributed by atoms with Crippen molar-refractivity contribution in [3.63, 3.8) is 0 Å². The van der Waals surface area contributed by atoms with Gasteiger partial charge in [-0.1, -0.05) is 47.5 Å². The summed E-state index contributed by atoms with van der Waals surface area (Å²) < 4.78 is 11.4. The molecule has 0 saturated carbocycles. The minimum atomic E-state index is -0.0880. The summed E-state index contributed by atoms with van der Waals surface area (Å²) in [6, 6.07) is 14.7. The average molecular weight is 416 g/mol. The van der Waals surface area contributed by atoms with E-state index in [0.29, 0.717) is 22.6 Å². The van der Waals surface area contributed by atoms with Crippen molar-refractivity contribution in [1.82, 2.24) is 4.98 Å². The van der Waals surface area contributed by atoms with Crippen LogP contribution in [0.4, 0.5) is 0 Å². The number of nitrogens with two attached hydrogens (primary N) is 2. The molecule has 0 bridgehead atoms. The lowest BCUT2D eigenvalue weighted by Crippen LogP contribution is -2.10. The van der Waals surface area contributed by atoms with Crippen molar-refractivity contribution in [3.05, 3.63) is 75.8 Å². The zero-order valence-electron chi connectivity index (χ0n) is 14.4. The van der Waals surface area contributed by atoms with E-state index in [1.807, 2.05) is 0 Å². The number of benzene rings is 2. The highest BCUT2D eigenvalue weighted by Crippen LogP contribution is 2.36. The fraction of sp³-hybridized carbons (Fsp3) is 0. The molecule has 0 unspecified atom stereocenters. The molecule has 0 radical (unpaired) electrons. The molecule has 3 aromatic rings. The van der Waals surface area contributed by atoms with Crippen LogP contribution in [0.3, 0.4) is 0 Å². The summed E-state index contributed by atoms with van der Waals surface area (Å²) in [6.45, 7) is 0. The summed E-state index contributed by atoms with van der Waals surface area (Å²) >= 11 is 12.4. The highest BCUT2D eigenvalue weighted by atomic mass is 35.5. The number of pyridine rings is 1. The number of halogens is 2. The molecule has 28 heavy (non-hydrogen) atoms. The van der Waals surface area contributed by atoms with Crippen molar-refractivity contribution >= 4 is 34.9 Å². The summed E-state index contributed by atoms with van der Waals surface area (Å²) in [5.74, 6) is 0.766. The van der Waals surface area contributed by atoms with Gasteiger partial charge in [0.15, 0.2) is 0 Å². The Morgan fingerprint density at radius 2 is 1.18 bits per heavy atom.